The van der Waals surface area contributed by atoms with E-state index in [0.29, 0.717) is 5.69 Å². The molecule has 1 aromatic carbocycles. The first-order chi connectivity index (χ1) is 11.2. The molecule has 23 heavy (non-hydrogen) atoms. The van der Waals surface area contributed by atoms with Gasteiger partial charge in [0.1, 0.15) is 16.5 Å². The molecule has 0 aliphatic carbocycles. The Bertz CT molecular complexity index is 663. The van der Waals surface area contributed by atoms with Gasteiger partial charge in [-0.3, -0.25) is 4.79 Å². The van der Waals surface area contributed by atoms with E-state index in [2.05, 4.69) is 10.3 Å². The van der Waals surface area contributed by atoms with Gasteiger partial charge in [-0.25, -0.2) is 4.98 Å². The molecule has 1 aliphatic rings. The number of aromatic nitrogens is 1. The number of amides is 1. The van der Waals surface area contributed by atoms with Gasteiger partial charge in [-0.2, -0.15) is 0 Å². The van der Waals surface area contributed by atoms with E-state index in [1.807, 2.05) is 31.2 Å². The third kappa shape index (κ3) is 3.71. The highest BCUT2D eigenvalue weighted by molar-refractivity contribution is 7.13. The largest absolute Gasteiger partial charge is 0.497 e. The van der Waals surface area contributed by atoms with E-state index in [1.165, 1.54) is 11.3 Å². The fourth-order valence-corrected chi connectivity index (χ4v) is 3.42. The average Bonchev–Trinajstić information content (AvgIpc) is 3.26. The lowest BCUT2D eigenvalue weighted by Crippen LogP contribution is -2.40. The molecule has 3 rings (SSSR count). The standard InChI is InChI=1S/C17H20N2O3S/c1-11(15-4-3-9-22-15)18-16(20)14-10-23-17(19-14)12-5-7-13(21-2)8-6-12/h5-8,10-11,15H,3-4,9H2,1-2H3,(H,18,20). The topological polar surface area (TPSA) is 60.5 Å². The molecule has 0 bridgehead atoms. The lowest BCUT2D eigenvalue weighted by Gasteiger charge is -2.19. The van der Waals surface area contributed by atoms with Crippen LogP contribution in [-0.2, 0) is 4.74 Å². The lowest BCUT2D eigenvalue weighted by atomic mass is 10.1. The summed E-state index contributed by atoms with van der Waals surface area (Å²) in [6.45, 7) is 2.76. The Morgan fingerprint density at radius 1 is 1.43 bits per heavy atom. The van der Waals surface area contributed by atoms with Crippen molar-refractivity contribution >= 4 is 17.2 Å². The fraction of sp³-hybridized carbons (Fsp3) is 0.412. The Morgan fingerprint density at radius 3 is 2.87 bits per heavy atom. The molecule has 0 spiro atoms. The number of nitrogens with zero attached hydrogens (tertiary/aromatic N) is 1. The van der Waals surface area contributed by atoms with Crippen LogP contribution in [0.1, 0.15) is 30.3 Å². The van der Waals surface area contributed by atoms with Gasteiger partial charge in [0.05, 0.1) is 19.3 Å². The minimum atomic E-state index is -0.149. The van der Waals surface area contributed by atoms with Gasteiger partial charge in [-0.05, 0) is 44.0 Å². The summed E-state index contributed by atoms with van der Waals surface area (Å²) >= 11 is 1.46. The summed E-state index contributed by atoms with van der Waals surface area (Å²) in [5, 5.41) is 5.59. The molecule has 2 atom stereocenters. The number of hydrogen-bond donors (Lipinski definition) is 1. The van der Waals surface area contributed by atoms with E-state index in [-0.39, 0.29) is 18.1 Å². The number of benzene rings is 1. The van der Waals surface area contributed by atoms with Crippen LogP contribution in [0.15, 0.2) is 29.6 Å². The van der Waals surface area contributed by atoms with Gasteiger partial charge in [-0.15, -0.1) is 11.3 Å². The normalized spacial score (nSPS) is 18.6. The highest BCUT2D eigenvalue weighted by atomic mass is 32.1. The third-order valence-electron chi connectivity index (χ3n) is 3.96. The molecule has 5 nitrogen and oxygen atoms in total. The van der Waals surface area contributed by atoms with E-state index < -0.39 is 0 Å². The Morgan fingerprint density at radius 2 is 2.22 bits per heavy atom. The fourth-order valence-electron chi connectivity index (χ4n) is 2.61. The van der Waals surface area contributed by atoms with Gasteiger partial charge in [0, 0.05) is 17.6 Å². The molecule has 1 saturated heterocycles. The molecule has 2 unspecified atom stereocenters. The molecule has 1 N–H and O–H groups in total. The van der Waals surface area contributed by atoms with Crippen molar-refractivity contribution in [2.45, 2.75) is 31.9 Å². The summed E-state index contributed by atoms with van der Waals surface area (Å²) in [5.41, 5.74) is 1.42. The van der Waals surface area contributed by atoms with E-state index in [0.717, 1.165) is 35.8 Å². The van der Waals surface area contributed by atoms with Crippen LogP contribution in [0.3, 0.4) is 0 Å². The molecule has 2 aromatic rings. The maximum absolute atomic E-state index is 12.3. The zero-order valence-electron chi connectivity index (χ0n) is 13.2. The zero-order valence-corrected chi connectivity index (χ0v) is 14.1. The van der Waals surface area contributed by atoms with E-state index in [1.54, 1.807) is 12.5 Å². The van der Waals surface area contributed by atoms with Crippen molar-refractivity contribution in [2.24, 2.45) is 0 Å². The van der Waals surface area contributed by atoms with Crippen molar-refractivity contribution in [2.75, 3.05) is 13.7 Å². The first kappa shape index (κ1) is 16.0. The Kier molecular flexibility index (Phi) is 4.93. The summed E-state index contributed by atoms with van der Waals surface area (Å²) < 4.78 is 10.8. The number of ether oxygens (including phenoxy) is 2. The Balaban J connectivity index is 1.66. The zero-order chi connectivity index (χ0) is 16.2. The van der Waals surface area contributed by atoms with Crippen LogP contribution in [0.2, 0.25) is 0 Å². The summed E-state index contributed by atoms with van der Waals surface area (Å²) in [7, 11) is 1.63. The minimum Gasteiger partial charge on any atom is -0.497 e. The molecular weight excluding hydrogens is 312 g/mol. The quantitative estimate of drug-likeness (QED) is 0.914. The molecule has 2 heterocycles. The summed E-state index contributed by atoms with van der Waals surface area (Å²) in [4.78, 5) is 16.8. The first-order valence-corrected chi connectivity index (χ1v) is 8.58. The summed E-state index contributed by atoms with van der Waals surface area (Å²) in [6, 6.07) is 7.64. The van der Waals surface area contributed by atoms with Crippen LogP contribution >= 0.6 is 11.3 Å². The maximum Gasteiger partial charge on any atom is 0.271 e. The molecule has 1 aromatic heterocycles. The molecule has 0 radical (unpaired) electrons. The van der Waals surface area contributed by atoms with E-state index >= 15 is 0 Å². The van der Waals surface area contributed by atoms with Crippen LogP contribution in [-0.4, -0.2) is 36.8 Å². The van der Waals surface area contributed by atoms with Crippen LogP contribution in [0.25, 0.3) is 10.6 Å². The van der Waals surface area contributed by atoms with E-state index in [4.69, 9.17) is 9.47 Å². The van der Waals surface area contributed by atoms with Crippen LogP contribution in [0.5, 0.6) is 5.75 Å². The summed E-state index contributed by atoms with van der Waals surface area (Å²) in [5.74, 6) is 0.651. The molecule has 122 valence electrons. The predicted molar refractivity (Wildman–Crippen MR) is 90.0 cm³/mol. The summed E-state index contributed by atoms with van der Waals surface area (Å²) in [6.07, 6.45) is 2.16. The molecule has 1 fully saturated rings. The SMILES string of the molecule is COc1ccc(-c2nc(C(=O)NC(C)C3CCCO3)cs2)cc1. The van der Waals surface area contributed by atoms with Crippen molar-refractivity contribution in [3.8, 4) is 16.3 Å². The average molecular weight is 332 g/mol. The second-order valence-electron chi connectivity index (χ2n) is 5.58. The minimum absolute atomic E-state index is 0.00358. The van der Waals surface area contributed by atoms with Gasteiger partial charge < -0.3 is 14.8 Å². The molecule has 0 saturated carbocycles. The van der Waals surface area contributed by atoms with E-state index in [9.17, 15) is 4.79 Å². The van der Waals surface area contributed by atoms with Crippen molar-refractivity contribution in [3.05, 3.63) is 35.3 Å². The number of thiazole rings is 1. The molecular formula is C17H20N2O3S. The highest BCUT2D eigenvalue weighted by Gasteiger charge is 2.24. The van der Waals surface area contributed by atoms with Crippen molar-refractivity contribution < 1.29 is 14.3 Å². The Labute approximate surface area is 139 Å². The van der Waals surface area contributed by atoms with Crippen LogP contribution in [0, 0.1) is 0 Å². The first-order valence-electron chi connectivity index (χ1n) is 7.70. The number of hydrogen-bond acceptors (Lipinski definition) is 5. The van der Waals surface area contributed by atoms with Crippen molar-refractivity contribution in [1.82, 2.24) is 10.3 Å². The number of methoxy groups -OCH3 is 1. The lowest BCUT2D eigenvalue weighted by molar-refractivity contribution is 0.0710. The van der Waals surface area contributed by atoms with Crippen molar-refractivity contribution in [1.29, 1.82) is 0 Å². The maximum atomic E-state index is 12.3. The third-order valence-corrected chi connectivity index (χ3v) is 4.85. The second kappa shape index (κ2) is 7.10. The van der Waals surface area contributed by atoms with Gasteiger partial charge in [-0.1, -0.05) is 0 Å². The monoisotopic (exact) mass is 332 g/mol. The van der Waals surface area contributed by atoms with Gasteiger partial charge >= 0.3 is 0 Å². The van der Waals surface area contributed by atoms with Gasteiger partial charge in [0.2, 0.25) is 0 Å². The number of nitrogens with one attached hydrogen (secondary N) is 1. The second-order valence-corrected chi connectivity index (χ2v) is 6.44. The molecule has 1 aliphatic heterocycles. The highest BCUT2D eigenvalue weighted by Crippen LogP contribution is 2.26. The van der Waals surface area contributed by atoms with Crippen LogP contribution in [0.4, 0.5) is 0 Å². The molecule has 1 amide bonds. The molecule has 6 heteroatoms. The Hall–Kier alpha value is -1.92. The van der Waals surface area contributed by atoms with Gasteiger partial charge in [0.15, 0.2) is 0 Å². The number of carbonyl (C=O) groups excluding carboxylic acids is 1. The van der Waals surface area contributed by atoms with Gasteiger partial charge in [0.25, 0.3) is 5.91 Å². The van der Waals surface area contributed by atoms with Crippen molar-refractivity contribution in [3.63, 3.8) is 0 Å². The van der Waals surface area contributed by atoms with Crippen LogP contribution < -0.4 is 10.1 Å². The smallest absolute Gasteiger partial charge is 0.271 e. The predicted octanol–water partition coefficient (Wildman–Crippen LogP) is 3.12. The number of rotatable bonds is 5. The number of carbonyl (C=O) groups is 1.